The van der Waals surface area contributed by atoms with Gasteiger partial charge in [0.05, 0.1) is 18.6 Å². The average molecular weight is 638 g/mol. The summed E-state index contributed by atoms with van der Waals surface area (Å²) in [5, 5.41) is 33.5. The third-order valence-electron chi connectivity index (χ3n) is 7.82. The molecule has 0 aliphatic heterocycles. The second-order valence-electron chi connectivity index (χ2n) is 12.5. The van der Waals surface area contributed by atoms with E-state index >= 15 is 0 Å². The Morgan fingerprint density at radius 1 is 0.867 bits per heavy atom. The lowest BCUT2D eigenvalue weighted by atomic mass is 9.95. The summed E-state index contributed by atoms with van der Waals surface area (Å²) in [5.74, 6) is -3.27. The van der Waals surface area contributed by atoms with E-state index in [2.05, 4.69) is 33.2 Å². The molecule has 1 saturated carbocycles. The van der Waals surface area contributed by atoms with Gasteiger partial charge in [-0.05, 0) is 50.4 Å². The van der Waals surface area contributed by atoms with E-state index in [9.17, 15) is 33.9 Å². The number of carboxylic acid groups (broad SMARTS) is 1. The highest BCUT2D eigenvalue weighted by Crippen LogP contribution is 2.33. The Kier molecular flexibility index (Phi) is 18.0. The number of aliphatic carboxylic acids is 1. The number of carboxylic acids is 1. The highest BCUT2D eigenvalue weighted by atomic mass is 16.4. The number of nitrogens with one attached hydrogen (secondary N) is 5. The molecule has 0 aromatic heterocycles. The zero-order valence-corrected chi connectivity index (χ0v) is 27.5. The van der Waals surface area contributed by atoms with Crippen molar-refractivity contribution in [2.24, 2.45) is 17.8 Å². The highest BCUT2D eigenvalue weighted by Gasteiger charge is 2.34. The SMILES string of the molecule is C=CC[C@H](NC(=O)[C@@H](NC(=O)CCCC(=O)O)[C@@H](C)CC)C(=O)N[C@@H](CC(C)C)[C@@H](O)CC(=O)N[C@@H](CC1CC1)C(=O)NCC. The Bertz CT molecular complexity index is 1020. The predicted octanol–water partition coefficient (Wildman–Crippen LogP) is 1.54. The molecule has 256 valence electrons. The maximum Gasteiger partial charge on any atom is 0.303 e. The lowest BCUT2D eigenvalue weighted by Gasteiger charge is -2.29. The smallest absolute Gasteiger partial charge is 0.303 e. The minimum Gasteiger partial charge on any atom is -0.481 e. The first-order chi connectivity index (χ1) is 21.2. The highest BCUT2D eigenvalue weighted by molar-refractivity contribution is 5.92. The van der Waals surface area contributed by atoms with E-state index < -0.39 is 59.9 Å². The zero-order chi connectivity index (χ0) is 34.1. The van der Waals surface area contributed by atoms with Gasteiger partial charge in [-0.25, -0.2) is 0 Å². The van der Waals surface area contributed by atoms with Crippen LogP contribution in [0.2, 0.25) is 0 Å². The van der Waals surface area contributed by atoms with E-state index in [1.54, 1.807) is 13.8 Å². The fourth-order valence-electron chi connectivity index (χ4n) is 4.91. The standard InChI is InChI=1S/C32H55N5O8/c1-7-11-22(35-32(45)29(20(6)8-2)37-26(39)12-10-13-28(41)42)31(44)36-23(16-19(4)5)25(38)18-27(40)34-24(17-21-14-15-21)30(43)33-9-3/h7,19-25,29,38H,1,8-18H2,2-6H3,(H,33,43)(H,34,40)(H,35,45)(H,36,44)(H,37,39)(H,41,42)/t20-,22-,23-,24-,25-,29-/m0/s1. The minimum atomic E-state index is -1.26. The Balaban J connectivity index is 2.95. The van der Waals surface area contributed by atoms with Crippen molar-refractivity contribution in [1.29, 1.82) is 0 Å². The molecule has 0 aromatic carbocycles. The van der Waals surface area contributed by atoms with Gasteiger partial charge in [0.1, 0.15) is 18.1 Å². The first kappa shape index (κ1) is 39.5. The van der Waals surface area contributed by atoms with Crippen molar-refractivity contribution in [3.8, 4) is 0 Å². The summed E-state index contributed by atoms with van der Waals surface area (Å²) in [5.41, 5.74) is 0. The fourth-order valence-corrected chi connectivity index (χ4v) is 4.91. The molecule has 0 spiro atoms. The van der Waals surface area contributed by atoms with Crippen LogP contribution in [0.3, 0.4) is 0 Å². The van der Waals surface area contributed by atoms with Crippen LogP contribution >= 0.6 is 0 Å². The number of likely N-dealkylation sites (N-methyl/N-ethyl adjacent to an activating group) is 1. The lowest BCUT2D eigenvalue weighted by molar-refractivity contribution is -0.137. The van der Waals surface area contributed by atoms with E-state index in [1.807, 2.05) is 20.8 Å². The van der Waals surface area contributed by atoms with Gasteiger partial charge < -0.3 is 36.8 Å². The quantitative estimate of drug-likeness (QED) is 0.0817. The van der Waals surface area contributed by atoms with Crippen LogP contribution in [0.25, 0.3) is 0 Å². The van der Waals surface area contributed by atoms with Crippen LogP contribution in [-0.2, 0) is 28.8 Å². The molecule has 0 bridgehead atoms. The summed E-state index contributed by atoms with van der Waals surface area (Å²) in [6, 6.07) is -3.54. The molecule has 1 aliphatic rings. The molecule has 1 rings (SSSR count). The first-order valence-corrected chi connectivity index (χ1v) is 16.2. The normalized spacial score (nSPS) is 16.7. The van der Waals surface area contributed by atoms with Crippen molar-refractivity contribution in [1.82, 2.24) is 26.6 Å². The monoisotopic (exact) mass is 637 g/mol. The average Bonchev–Trinajstić information content (AvgIpc) is 3.78. The summed E-state index contributed by atoms with van der Waals surface area (Å²) in [7, 11) is 0. The van der Waals surface area contributed by atoms with E-state index in [0.29, 0.717) is 31.7 Å². The summed E-state index contributed by atoms with van der Waals surface area (Å²) in [6.07, 6.45) is 3.29. The molecule has 45 heavy (non-hydrogen) atoms. The van der Waals surface area contributed by atoms with Gasteiger partial charge in [0, 0.05) is 19.4 Å². The lowest BCUT2D eigenvalue weighted by Crippen LogP contribution is -2.57. The van der Waals surface area contributed by atoms with E-state index in [4.69, 9.17) is 5.11 Å². The molecule has 0 radical (unpaired) electrons. The summed E-state index contributed by atoms with van der Waals surface area (Å²) in [4.78, 5) is 75.3. The van der Waals surface area contributed by atoms with Crippen molar-refractivity contribution in [3.63, 3.8) is 0 Å². The number of carbonyl (C=O) groups is 6. The van der Waals surface area contributed by atoms with Gasteiger partial charge in [0.2, 0.25) is 29.5 Å². The van der Waals surface area contributed by atoms with E-state index in [1.165, 1.54) is 6.08 Å². The predicted molar refractivity (Wildman–Crippen MR) is 170 cm³/mol. The van der Waals surface area contributed by atoms with Gasteiger partial charge in [-0.3, -0.25) is 28.8 Å². The van der Waals surface area contributed by atoms with Crippen molar-refractivity contribution in [2.75, 3.05) is 6.54 Å². The Labute approximate surface area is 267 Å². The molecule has 1 fully saturated rings. The molecule has 0 unspecified atom stereocenters. The van der Waals surface area contributed by atoms with Crippen LogP contribution < -0.4 is 26.6 Å². The van der Waals surface area contributed by atoms with Crippen LogP contribution in [0.4, 0.5) is 0 Å². The fraction of sp³-hybridized carbons (Fsp3) is 0.750. The van der Waals surface area contributed by atoms with Gasteiger partial charge >= 0.3 is 5.97 Å². The van der Waals surface area contributed by atoms with Crippen LogP contribution in [0.5, 0.6) is 0 Å². The maximum atomic E-state index is 13.4. The van der Waals surface area contributed by atoms with Gasteiger partial charge in [-0.2, -0.15) is 0 Å². The van der Waals surface area contributed by atoms with Crippen LogP contribution in [0.15, 0.2) is 12.7 Å². The van der Waals surface area contributed by atoms with Gasteiger partial charge in [0.15, 0.2) is 0 Å². The number of aliphatic hydroxyl groups is 1. The van der Waals surface area contributed by atoms with Crippen LogP contribution in [0.1, 0.15) is 98.8 Å². The first-order valence-electron chi connectivity index (χ1n) is 16.2. The number of aliphatic hydroxyl groups excluding tert-OH is 1. The third-order valence-corrected chi connectivity index (χ3v) is 7.82. The molecule has 0 aromatic rings. The van der Waals surface area contributed by atoms with Gasteiger partial charge in [-0.15, -0.1) is 6.58 Å². The van der Waals surface area contributed by atoms with Crippen molar-refractivity contribution < 1.29 is 39.0 Å². The third kappa shape index (κ3) is 15.9. The minimum absolute atomic E-state index is 0.0459. The van der Waals surface area contributed by atoms with Crippen molar-refractivity contribution in [2.45, 2.75) is 129 Å². The number of rotatable bonds is 23. The van der Waals surface area contributed by atoms with Gasteiger partial charge in [0.25, 0.3) is 0 Å². The maximum absolute atomic E-state index is 13.4. The number of hydrogen-bond acceptors (Lipinski definition) is 7. The largest absolute Gasteiger partial charge is 0.481 e. The molecule has 13 heteroatoms. The molecule has 13 nitrogen and oxygen atoms in total. The summed E-state index contributed by atoms with van der Waals surface area (Å²) in [6.45, 7) is 13.4. The summed E-state index contributed by atoms with van der Waals surface area (Å²) < 4.78 is 0. The Hall–Kier alpha value is -3.48. The zero-order valence-electron chi connectivity index (χ0n) is 27.5. The van der Waals surface area contributed by atoms with E-state index in [0.717, 1.165) is 12.8 Å². The van der Waals surface area contributed by atoms with Crippen LogP contribution in [-0.4, -0.2) is 82.5 Å². The molecular weight excluding hydrogens is 582 g/mol. The Morgan fingerprint density at radius 2 is 1.53 bits per heavy atom. The Morgan fingerprint density at radius 3 is 2.07 bits per heavy atom. The molecule has 7 N–H and O–H groups in total. The molecule has 5 amide bonds. The molecular formula is C32H55N5O8. The van der Waals surface area contributed by atoms with E-state index in [-0.39, 0.29) is 49.8 Å². The number of amides is 5. The number of hydrogen-bond donors (Lipinski definition) is 7. The molecule has 6 atom stereocenters. The van der Waals surface area contributed by atoms with Crippen molar-refractivity contribution in [3.05, 3.63) is 12.7 Å². The van der Waals surface area contributed by atoms with Crippen molar-refractivity contribution >= 4 is 35.5 Å². The van der Waals surface area contributed by atoms with Crippen LogP contribution in [0, 0.1) is 17.8 Å². The van der Waals surface area contributed by atoms with Gasteiger partial charge in [-0.1, -0.05) is 53.0 Å². The topological polar surface area (TPSA) is 203 Å². The molecule has 0 heterocycles. The number of carbonyl (C=O) groups excluding carboxylic acids is 5. The molecule has 0 saturated heterocycles. The second kappa shape index (κ2) is 20.5. The molecule has 1 aliphatic carbocycles. The summed E-state index contributed by atoms with van der Waals surface area (Å²) >= 11 is 0. The second-order valence-corrected chi connectivity index (χ2v) is 12.5.